The van der Waals surface area contributed by atoms with Crippen molar-refractivity contribution in [1.29, 1.82) is 5.26 Å². The molecule has 0 bridgehead atoms. The summed E-state index contributed by atoms with van der Waals surface area (Å²) in [5.41, 5.74) is -1.41. The van der Waals surface area contributed by atoms with Crippen molar-refractivity contribution in [3.8, 4) is 11.8 Å². The van der Waals surface area contributed by atoms with Crippen molar-refractivity contribution in [2.75, 3.05) is 6.61 Å². The van der Waals surface area contributed by atoms with E-state index in [1.807, 2.05) is 0 Å². The summed E-state index contributed by atoms with van der Waals surface area (Å²) in [6.07, 6.45) is -3.38. The first-order valence-corrected chi connectivity index (χ1v) is 5.06. The molecule has 0 atom stereocenters. The highest BCUT2D eigenvalue weighted by molar-refractivity contribution is 5.73. The number of ether oxygens (including phenoxy) is 1. The molecular weight excluding hydrogens is 246 g/mol. The lowest BCUT2D eigenvalue weighted by Crippen LogP contribution is -2.10. The van der Waals surface area contributed by atoms with Crippen LogP contribution in [0.25, 0.3) is 0 Å². The normalized spacial score (nSPS) is 10.2. The number of hydrogen-bond donors (Lipinski definition) is 1. The quantitative estimate of drug-likeness (QED) is 0.829. The first kappa shape index (κ1) is 13.8. The van der Waals surface area contributed by atoms with Gasteiger partial charge in [-0.25, -0.2) is 13.8 Å². The van der Waals surface area contributed by atoms with Crippen molar-refractivity contribution in [2.45, 2.75) is 19.8 Å². The smallest absolute Gasteiger partial charge is 0.312 e. The number of rotatable bonds is 4. The molecule has 1 N–H and O–H groups in total. The summed E-state index contributed by atoms with van der Waals surface area (Å²) >= 11 is 0. The molecule has 0 amide bonds. The van der Waals surface area contributed by atoms with E-state index >= 15 is 0 Å². The molecule has 0 saturated heterocycles. The monoisotopic (exact) mass is 256 g/mol. The van der Waals surface area contributed by atoms with Gasteiger partial charge in [0, 0.05) is 6.07 Å². The van der Waals surface area contributed by atoms with Gasteiger partial charge in [-0.15, -0.1) is 0 Å². The van der Waals surface area contributed by atoms with Gasteiger partial charge in [0.1, 0.15) is 17.5 Å². The first-order valence-electron chi connectivity index (χ1n) is 5.06. The van der Waals surface area contributed by atoms with E-state index in [0.717, 1.165) is 6.07 Å². The fourth-order valence-electron chi connectivity index (χ4n) is 1.29. The number of carbonyl (C=O) groups excluding carboxylic acids is 1. The maximum Gasteiger partial charge on any atom is 0.312 e. The average Bonchev–Trinajstić information content (AvgIpc) is 2.31. The molecule has 1 aromatic rings. The Morgan fingerprint density at radius 1 is 1.67 bits per heavy atom. The molecule has 0 aliphatic heterocycles. The van der Waals surface area contributed by atoms with Crippen LogP contribution in [0.15, 0.2) is 6.07 Å². The number of alkyl halides is 2. The third-order valence-corrected chi connectivity index (χ3v) is 2.05. The molecule has 0 unspecified atom stereocenters. The van der Waals surface area contributed by atoms with Crippen molar-refractivity contribution in [2.24, 2.45) is 0 Å². The zero-order valence-corrected chi connectivity index (χ0v) is 9.48. The molecule has 1 aromatic heterocycles. The van der Waals surface area contributed by atoms with Crippen LogP contribution in [-0.2, 0) is 16.0 Å². The summed E-state index contributed by atoms with van der Waals surface area (Å²) in [4.78, 5) is 14.6. The van der Waals surface area contributed by atoms with Crippen molar-refractivity contribution >= 4 is 5.97 Å². The molecule has 0 spiro atoms. The molecule has 0 aliphatic carbocycles. The van der Waals surface area contributed by atoms with Crippen molar-refractivity contribution in [3.05, 3.63) is 23.0 Å². The fraction of sp³-hybridized carbons (Fsp3) is 0.364. The van der Waals surface area contributed by atoms with Gasteiger partial charge in [-0.2, -0.15) is 5.26 Å². The lowest BCUT2D eigenvalue weighted by Gasteiger charge is -2.08. The summed E-state index contributed by atoms with van der Waals surface area (Å²) in [6, 6.07) is 2.37. The number of esters is 1. The molecule has 18 heavy (non-hydrogen) atoms. The summed E-state index contributed by atoms with van der Waals surface area (Å²) in [5, 5.41) is 18.1. The molecule has 7 heteroatoms. The maximum absolute atomic E-state index is 12.6. The van der Waals surface area contributed by atoms with Crippen LogP contribution < -0.4 is 0 Å². The van der Waals surface area contributed by atoms with E-state index in [2.05, 4.69) is 9.72 Å². The van der Waals surface area contributed by atoms with Crippen LogP contribution in [0.4, 0.5) is 8.78 Å². The molecule has 0 aliphatic rings. The second-order valence-electron chi connectivity index (χ2n) is 3.28. The van der Waals surface area contributed by atoms with Crippen LogP contribution in [0.5, 0.6) is 5.75 Å². The highest BCUT2D eigenvalue weighted by atomic mass is 19.3. The van der Waals surface area contributed by atoms with Crippen LogP contribution in [0.1, 0.15) is 30.3 Å². The first-order chi connectivity index (χ1) is 8.49. The van der Waals surface area contributed by atoms with Crippen LogP contribution in [0.3, 0.4) is 0 Å². The van der Waals surface area contributed by atoms with E-state index in [0.29, 0.717) is 0 Å². The standard InChI is InChI=1S/C11H10F2N2O3/c1-2-18-9(17)4-7-8(16)3-6(5-14)10(15-7)11(12)13/h3,11,16H,2,4H2,1H3. The molecule has 0 aromatic carbocycles. The van der Waals surface area contributed by atoms with E-state index < -0.39 is 35.8 Å². The van der Waals surface area contributed by atoms with Crippen molar-refractivity contribution < 1.29 is 23.4 Å². The Hall–Kier alpha value is -2.23. The second kappa shape index (κ2) is 5.91. The van der Waals surface area contributed by atoms with Crippen LogP contribution in [-0.4, -0.2) is 22.7 Å². The highest BCUT2D eigenvalue weighted by Crippen LogP contribution is 2.26. The number of aromatic hydroxyl groups is 1. The Bertz CT molecular complexity index is 498. The van der Waals surface area contributed by atoms with E-state index in [1.54, 1.807) is 6.92 Å². The predicted molar refractivity (Wildman–Crippen MR) is 55.9 cm³/mol. The average molecular weight is 256 g/mol. The Labute approximate surface area is 102 Å². The van der Waals surface area contributed by atoms with Gasteiger partial charge in [0.15, 0.2) is 0 Å². The summed E-state index contributed by atoms with van der Waals surface area (Å²) in [7, 11) is 0. The van der Waals surface area contributed by atoms with Gasteiger partial charge in [-0.05, 0) is 6.92 Å². The Morgan fingerprint density at radius 3 is 2.83 bits per heavy atom. The zero-order chi connectivity index (χ0) is 13.7. The molecule has 0 saturated carbocycles. The number of nitriles is 1. The van der Waals surface area contributed by atoms with Gasteiger partial charge in [-0.1, -0.05) is 0 Å². The number of pyridine rings is 1. The zero-order valence-electron chi connectivity index (χ0n) is 9.48. The minimum Gasteiger partial charge on any atom is -0.506 e. The number of aromatic nitrogens is 1. The summed E-state index contributed by atoms with van der Waals surface area (Å²) in [5.74, 6) is -1.17. The van der Waals surface area contributed by atoms with Crippen LogP contribution >= 0.6 is 0 Å². The van der Waals surface area contributed by atoms with E-state index in [9.17, 15) is 18.7 Å². The molecule has 0 radical (unpaired) electrons. The number of nitrogens with zero attached hydrogens (tertiary/aromatic N) is 2. The largest absolute Gasteiger partial charge is 0.506 e. The lowest BCUT2D eigenvalue weighted by atomic mass is 10.1. The van der Waals surface area contributed by atoms with Crippen LogP contribution in [0.2, 0.25) is 0 Å². The molecule has 96 valence electrons. The Morgan fingerprint density at radius 2 is 2.33 bits per heavy atom. The third kappa shape index (κ3) is 3.13. The van der Waals surface area contributed by atoms with Gasteiger partial charge in [-0.3, -0.25) is 4.79 Å². The number of halogens is 2. The number of carbonyl (C=O) groups is 1. The topological polar surface area (TPSA) is 83.2 Å². The minimum absolute atomic E-state index is 0.136. The van der Waals surface area contributed by atoms with Crippen molar-refractivity contribution in [1.82, 2.24) is 4.98 Å². The third-order valence-electron chi connectivity index (χ3n) is 2.05. The maximum atomic E-state index is 12.6. The molecule has 0 fully saturated rings. The number of hydrogen-bond acceptors (Lipinski definition) is 5. The van der Waals surface area contributed by atoms with Gasteiger partial charge in [0.05, 0.1) is 24.3 Å². The van der Waals surface area contributed by atoms with Gasteiger partial charge < -0.3 is 9.84 Å². The summed E-state index contributed by atoms with van der Waals surface area (Å²) in [6.45, 7) is 1.73. The van der Waals surface area contributed by atoms with Crippen LogP contribution in [0, 0.1) is 11.3 Å². The van der Waals surface area contributed by atoms with Gasteiger partial charge >= 0.3 is 5.97 Å². The fourth-order valence-corrected chi connectivity index (χ4v) is 1.29. The SMILES string of the molecule is CCOC(=O)Cc1nc(C(F)F)c(C#N)cc1O. The van der Waals surface area contributed by atoms with E-state index in [-0.39, 0.29) is 12.3 Å². The lowest BCUT2D eigenvalue weighted by molar-refractivity contribution is -0.142. The molecular formula is C11H10F2N2O3. The Kier molecular flexibility index (Phi) is 4.54. The molecule has 5 nitrogen and oxygen atoms in total. The van der Waals surface area contributed by atoms with Crippen molar-refractivity contribution in [3.63, 3.8) is 0 Å². The minimum atomic E-state index is -2.96. The predicted octanol–water partition coefficient (Wildman–Crippen LogP) is 1.70. The van der Waals surface area contributed by atoms with Gasteiger partial charge in [0.25, 0.3) is 6.43 Å². The molecule has 1 heterocycles. The van der Waals surface area contributed by atoms with E-state index in [1.165, 1.54) is 6.07 Å². The van der Waals surface area contributed by atoms with E-state index in [4.69, 9.17) is 5.26 Å². The summed E-state index contributed by atoms with van der Waals surface area (Å²) < 4.78 is 29.8. The molecule has 1 rings (SSSR count). The van der Waals surface area contributed by atoms with Gasteiger partial charge in [0.2, 0.25) is 0 Å². The highest BCUT2D eigenvalue weighted by Gasteiger charge is 2.20. The Balaban J connectivity index is 3.10. The second-order valence-corrected chi connectivity index (χ2v) is 3.28.